The first kappa shape index (κ1) is 22.8. The van der Waals surface area contributed by atoms with Crippen molar-refractivity contribution in [2.75, 3.05) is 11.9 Å². The third-order valence-electron chi connectivity index (χ3n) is 4.39. The van der Waals surface area contributed by atoms with E-state index >= 15 is 0 Å². The van der Waals surface area contributed by atoms with E-state index in [0.29, 0.717) is 12.1 Å². The van der Waals surface area contributed by atoms with Gasteiger partial charge in [0.25, 0.3) is 5.91 Å². The Bertz CT molecular complexity index is 1100. The van der Waals surface area contributed by atoms with Crippen molar-refractivity contribution in [3.8, 4) is 17.6 Å². The van der Waals surface area contributed by atoms with Gasteiger partial charge in [0.05, 0.1) is 11.6 Å². The number of amides is 1. The minimum Gasteiger partial charge on any atom is -0.488 e. The van der Waals surface area contributed by atoms with E-state index in [4.69, 9.17) is 4.74 Å². The molecule has 1 amide bonds. The first-order valence-corrected chi connectivity index (χ1v) is 9.96. The van der Waals surface area contributed by atoms with Crippen LogP contribution in [0.1, 0.15) is 23.0 Å². The number of nitrogens with one attached hydrogen (secondary N) is 2. The Morgan fingerprint density at radius 3 is 2.81 bits per heavy atom. The molecule has 3 atom stereocenters. The number of ether oxygens (including phenoxy) is 1. The van der Waals surface area contributed by atoms with Gasteiger partial charge >= 0.3 is 6.18 Å². The first-order valence-electron chi connectivity index (χ1n) is 8.81. The molecule has 1 aromatic heterocycles. The van der Waals surface area contributed by atoms with Gasteiger partial charge in [-0.15, -0.1) is 5.92 Å². The van der Waals surface area contributed by atoms with Crippen LogP contribution in [0, 0.1) is 17.7 Å². The number of halogens is 4. The van der Waals surface area contributed by atoms with Crippen molar-refractivity contribution >= 4 is 22.6 Å². The zero-order valence-corrected chi connectivity index (χ0v) is 17.0. The van der Waals surface area contributed by atoms with Gasteiger partial charge < -0.3 is 19.7 Å². The number of aryl methyl sites for hydroxylation is 1. The molecule has 3 unspecified atom stereocenters. The van der Waals surface area contributed by atoms with Crippen LogP contribution in [0.4, 0.5) is 23.2 Å². The van der Waals surface area contributed by atoms with E-state index in [1.54, 1.807) is 0 Å². The molecule has 166 valence electrons. The predicted octanol–water partition coefficient (Wildman–Crippen LogP) is 2.19. The van der Waals surface area contributed by atoms with Gasteiger partial charge in [-0.2, -0.15) is 13.2 Å². The van der Waals surface area contributed by atoms with Crippen molar-refractivity contribution in [1.82, 2.24) is 9.29 Å². The molecule has 0 saturated carbocycles. The fraction of sp³-hybridized carbons (Fsp3) is 0.316. The molecule has 1 aliphatic heterocycles. The summed E-state index contributed by atoms with van der Waals surface area (Å²) in [7, 11) is -0.397. The number of anilines is 1. The Kier molecular flexibility index (Phi) is 6.40. The highest BCUT2D eigenvalue weighted by Crippen LogP contribution is 2.34. The summed E-state index contributed by atoms with van der Waals surface area (Å²) in [5.74, 6) is 2.66. The molecule has 3 rings (SSSR count). The largest absolute Gasteiger partial charge is 0.488 e. The molecule has 12 heteroatoms. The molecule has 31 heavy (non-hydrogen) atoms. The van der Waals surface area contributed by atoms with Crippen LogP contribution >= 0.6 is 0 Å². The number of aliphatic hydroxyl groups excluding tert-OH is 1. The van der Waals surface area contributed by atoms with Crippen molar-refractivity contribution in [2.24, 2.45) is 7.05 Å². The Hall–Kier alpha value is -2.88. The highest BCUT2D eigenvalue weighted by Gasteiger charge is 2.35. The third-order valence-corrected chi connectivity index (χ3v) is 5.59. The van der Waals surface area contributed by atoms with Crippen LogP contribution in [0.25, 0.3) is 0 Å². The quantitative estimate of drug-likeness (QED) is 0.485. The molecule has 3 N–H and O–H groups in total. The molecular formula is C19H17F4N3O4S. The topological polar surface area (TPSA) is 92.6 Å². The smallest absolute Gasteiger partial charge is 0.419 e. The van der Waals surface area contributed by atoms with Crippen LogP contribution in [0.2, 0.25) is 0 Å². The molecule has 0 saturated heterocycles. The SMILES string of the molecule is CC#CC(O)C1COc2c(cn(C)c2C(=O)Nc2ccc(F)c(C(F)(F)F)c2)S(=O)N1. The maximum absolute atomic E-state index is 13.5. The lowest BCUT2D eigenvalue weighted by Crippen LogP contribution is -2.43. The molecule has 1 aliphatic rings. The molecule has 0 radical (unpaired) electrons. The van der Waals surface area contributed by atoms with E-state index in [0.717, 1.165) is 6.07 Å². The molecule has 1 aromatic carbocycles. The zero-order valence-electron chi connectivity index (χ0n) is 16.2. The van der Waals surface area contributed by atoms with Gasteiger partial charge in [-0.05, 0) is 25.1 Å². The summed E-state index contributed by atoms with van der Waals surface area (Å²) in [4.78, 5) is 12.9. The Morgan fingerprint density at radius 1 is 1.45 bits per heavy atom. The highest BCUT2D eigenvalue weighted by molar-refractivity contribution is 7.83. The molecule has 2 heterocycles. The van der Waals surface area contributed by atoms with E-state index in [1.165, 1.54) is 24.7 Å². The Balaban J connectivity index is 1.90. The number of aromatic nitrogens is 1. The van der Waals surface area contributed by atoms with E-state index in [2.05, 4.69) is 21.9 Å². The van der Waals surface area contributed by atoms with Gasteiger partial charge in [-0.1, -0.05) is 5.92 Å². The minimum atomic E-state index is -4.93. The summed E-state index contributed by atoms with van der Waals surface area (Å²) in [6.07, 6.45) is -4.75. The molecule has 0 fully saturated rings. The summed E-state index contributed by atoms with van der Waals surface area (Å²) in [6, 6.07) is 1.25. The summed E-state index contributed by atoms with van der Waals surface area (Å²) < 4.78 is 74.4. The van der Waals surface area contributed by atoms with Gasteiger partial charge in [-0.3, -0.25) is 4.79 Å². The molecule has 0 aliphatic carbocycles. The number of carbonyl (C=O) groups excluding carboxylic acids is 1. The van der Waals surface area contributed by atoms with E-state index in [9.17, 15) is 31.7 Å². The van der Waals surface area contributed by atoms with Gasteiger partial charge in [0, 0.05) is 18.9 Å². The number of hydrogen-bond acceptors (Lipinski definition) is 4. The lowest BCUT2D eigenvalue weighted by atomic mass is 10.1. The fourth-order valence-electron chi connectivity index (χ4n) is 2.93. The summed E-state index contributed by atoms with van der Waals surface area (Å²) in [5, 5.41) is 12.3. The number of benzene rings is 1. The van der Waals surface area contributed by atoms with Crippen molar-refractivity contribution in [2.45, 2.75) is 30.1 Å². The molecule has 0 spiro atoms. The Morgan fingerprint density at radius 2 is 2.16 bits per heavy atom. The summed E-state index contributed by atoms with van der Waals surface area (Å²) >= 11 is 0. The van der Waals surface area contributed by atoms with Crippen molar-refractivity contribution < 1.29 is 36.4 Å². The van der Waals surface area contributed by atoms with Gasteiger partial charge in [0.1, 0.15) is 34.4 Å². The van der Waals surface area contributed by atoms with Crippen LogP contribution in [0.3, 0.4) is 0 Å². The van der Waals surface area contributed by atoms with E-state index < -0.39 is 46.6 Å². The lowest BCUT2D eigenvalue weighted by Gasteiger charge is -2.17. The number of fused-ring (bicyclic) bond motifs is 1. The van der Waals surface area contributed by atoms with E-state index in [-0.39, 0.29) is 28.6 Å². The number of carbonyl (C=O) groups is 1. The van der Waals surface area contributed by atoms with Crippen LogP contribution in [-0.2, 0) is 24.2 Å². The average Bonchev–Trinajstić information content (AvgIpc) is 2.93. The predicted molar refractivity (Wildman–Crippen MR) is 103 cm³/mol. The summed E-state index contributed by atoms with van der Waals surface area (Å²) in [5.41, 5.74) is -1.92. The highest BCUT2D eigenvalue weighted by atomic mass is 32.2. The normalized spacial score (nSPS) is 19.3. The maximum atomic E-state index is 13.5. The van der Waals surface area contributed by atoms with Crippen molar-refractivity contribution in [1.29, 1.82) is 0 Å². The third kappa shape index (κ3) is 4.73. The number of rotatable bonds is 3. The van der Waals surface area contributed by atoms with Crippen molar-refractivity contribution in [3.63, 3.8) is 0 Å². The second kappa shape index (κ2) is 8.70. The van der Waals surface area contributed by atoms with Gasteiger partial charge in [-0.25, -0.2) is 13.3 Å². The second-order valence-electron chi connectivity index (χ2n) is 6.57. The monoisotopic (exact) mass is 459 g/mol. The average molecular weight is 459 g/mol. The fourth-order valence-corrected chi connectivity index (χ4v) is 4.11. The van der Waals surface area contributed by atoms with Crippen LogP contribution < -0.4 is 14.8 Å². The minimum absolute atomic E-state index is 0.0526. The van der Waals surface area contributed by atoms with Gasteiger partial charge in [0.15, 0.2) is 11.4 Å². The number of nitrogens with zero attached hydrogens (tertiary/aromatic N) is 1. The maximum Gasteiger partial charge on any atom is 0.419 e. The van der Waals surface area contributed by atoms with Gasteiger partial charge in [0.2, 0.25) is 0 Å². The second-order valence-corrected chi connectivity index (χ2v) is 7.78. The van der Waals surface area contributed by atoms with Crippen LogP contribution in [0.5, 0.6) is 5.75 Å². The van der Waals surface area contributed by atoms with E-state index in [1.807, 2.05) is 0 Å². The number of alkyl halides is 3. The zero-order chi connectivity index (χ0) is 22.9. The molecule has 2 aromatic rings. The van der Waals surface area contributed by atoms with Crippen LogP contribution in [0.15, 0.2) is 29.3 Å². The molecule has 7 nitrogen and oxygen atoms in total. The Labute approximate surface area is 177 Å². The van der Waals surface area contributed by atoms with Crippen molar-refractivity contribution in [3.05, 3.63) is 41.5 Å². The first-order chi connectivity index (χ1) is 14.5. The summed E-state index contributed by atoms with van der Waals surface area (Å²) in [6.45, 7) is 1.35. The standard InChI is InChI=1S/C19H17F4N3O4S/c1-3-4-14(27)13-9-30-17-15(31(29)25-13)8-26(2)16(17)18(28)24-10-5-6-12(20)11(7-10)19(21,22)23/h5-8,13-14,25,27H,9H2,1-2H3,(H,24,28). The van der Waals surface area contributed by atoms with Crippen LogP contribution in [-0.4, -0.2) is 38.5 Å². The molecule has 0 bridgehead atoms. The lowest BCUT2D eigenvalue weighted by molar-refractivity contribution is -0.139. The number of hydrogen-bond donors (Lipinski definition) is 3. The molecular weight excluding hydrogens is 442 g/mol. The number of aliphatic hydroxyl groups is 1.